The lowest BCUT2D eigenvalue weighted by atomic mass is 9.46. The summed E-state index contributed by atoms with van der Waals surface area (Å²) in [6.07, 6.45) is 18.3. The lowest BCUT2D eigenvalue weighted by Gasteiger charge is -2.58. The number of carbonyl (C=O) groups is 4. The molecule has 59 heavy (non-hydrogen) atoms. The molecule has 2 aliphatic heterocycles. The fraction of sp³-hybridized carbons (Fsp3) is 0.833. The molecule has 2 heterocycles. The number of rotatable bonds is 18. The van der Waals surface area contributed by atoms with E-state index < -0.39 is 23.9 Å². The van der Waals surface area contributed by atoms with Gasteiger partial charge in [-0.25, -0.2) is 0 Å². The highest BCUT2D eigenvalue weighted by molar-refractivity contribution is 5.77. The van der Waals surface area contributed by atoms with Crippen LogP contribution in [0.15, 0.2) is 23.3 Å². The molecule has 0 aromatic heterocycles. The molecule has 12 atom stereocenters. The third-order valence-electron chi connectivity index (χ3n) is 17.2. The molecular weight excluding hydrogens is 753 g/mol. The predicted molar refractivity (Wildman–Crippen MR) is 222 cm³/mol. The first-order valence-corrected chi connectivity index (χ1v) is 23.0. The SMILES string of the molecule is C[C@@H]1CC[C@@]2(C)C(COC(=O)CCC(=O)O)=CCC[C@@H]2[C@@]1(C)CC[C@H]1CO[C@@H](O[C@H]2C[C@@H](CC[C@@]3(C)[C@H](C)CC[C@@]4(C)C(COC(=O)CCC(=O)O)=CCC[C@H]34)CO2)C1. The van der Waals surface area contributed by atoms with Crippen LogP contribution >= 0.6 is 0 Å². The van der Waals surface area contributed by atoms with E-state index in [-0.39, 0.29) is 73.1 Å². The second-order valence-corrected chi connectivity index (χ2v) is 20.5. The standard InChI is InChI=1S/C48H74O11/c1-31-17-21-47(5)35(29-55-41(53)15-13-39(49)50)9-7-11-37(47)45(31,3)23-19-33-25-43(57-27-33)59-44-26-34(28-58-44)20-24-46(4)32(2)18-22-48(6)36(10-8-12-38(46)48)30-56-42(54)16-14-40(51)52/h9-10,31-34,37-38,43-44H,7-8,11-30H2,1-6H3,(H,49,50)(H,51,52)/t31-,32-,33-,34-,37-,38-,43+,44+,45+,46+,47+,48+/m1/s1. The van der Waals surface area contributed by atoms with E-state index in [9.17, 15) is 19.2 Å². The van der Waals surface area contributed by atoms with Crippen molar-refractivity contribution in [3.63, 3.8) is 0 Å². The molecule has 0 bridgehead atoms. The van der Waals surface area contributed by atoms with Crippen LogP contribution in [0.5, 0.6) is 0 Å². The summed E-state index contributed by atoms with van der Waals surface area (Å²) >= 11 is 0. The van der Waals surface area contributed by atoms with Gasteiger partial charge in [-0.3, -0.25) is 19.2 Å². The highest BCUT2D eigenvalue weighted by atomic mass is 16.8. The van der Waals surface area contributed by atoms with Gasteiger partial charge >= 0.3 is 23.9 Å². The fourth-order valence-electron chi connectivity index (χ4n) is 12.8. The Labute approximate surface area is 352 Å². The van der Waals surface area contributed by atoms with Crippen molar-refractivity contribution in [2.75, 3.05) is 26.4 Å². The first-order valence-electron chi connectivity index (χ1n) is 23.0. The largest absolute Gasteiger partial charge is 0.481 e. The van der Waals surface area contributed by atoms with Gasteiger partial charge in [-0.05, 0) is 145 Å². The van der Waals surface area contributed by atoms with Crippen LogP contribution in [0.2, 0.25) is 0 Å². The Bertz CT molecular complexity index is 1470. The van der Waals surface area contributed by atoms with Crippen molar-refractivity contribution >= 4 is 23.9 Å². The summed E-state index contributed by atoms with van der Waals surface area (Å²) in [6, 6.07) is 0. The molecule has 11 heteroatoms. The van der Waals surface area contributed by atoms with Crippen LogP contribution in [-0.2, 0) is 42.9 Å². The van der Waals surface area contributed by atoms with Crippen molar-refractivity contribution in [3.8, 4) is 0 Å². The Morgan fingerprint density at radius 2 is 1.05 bits per heavy atom. The zero-order valence-electron chi connectivity index (χ0n) is 36.9. The van der Waals surface area contributed by atoms with Gasteiger partial charge in [0.05, 0.1) is 38.9 Å². The van der Waals surface area contributed by atoms with Crippen molar-refractivity contribution in [1.29, 1.82) is 0 Å². The van der Waals surface area contributed by atoms with Crippen molar-refractivity contribution in [3.05, 3.63) is 23.3 Å². The quantitative estimate of drug-likeness (QED) is 0.100. The predicted octanol–water partition coefficient (Wildman–Crippen LogP) is 9.66. The van der Waals surface area contributed by atoms with E-state index >= 15 is 0 Å². The molecular formula is C48H74O11. The highest BCUT2D eigenvalue weighted by Gasteiger charge is 2.55. The number of esters is 2. The van der Waals surface area contributed by atoms with Crippen LogP contribution in [0.3, 0.4) is 0 Å². The van der Waals surface area contributed by atoms with Gasteiger partial charge in [-0.15, -0.1) is 0 Å². The molecule has 6 rings (SSSR count). The number of hydrogen-bond acceptors (Lipinski definition) is 9. The summed E-state index contributed by atoms with van der Waals surface area (Å²) in [5.74, 6) is 0.162. The van der Waals surface area contributed by atoms with E-state index in [2.05, 4.69) is 53.7 Å². The smallest absolute Gasteiger partial charge is 0.306 e. The van der Waals surface area contributed by atoms with Gasteiger partial charge in [-0.1, -0.05) is 53.7 Å². The monoisotopic (exact) mass is 827 g/mol. The number of carboxylic acids is 2. The summed E-state index contributed by atoms with van der Waals surface area (Å²) in [5, 5.41) is 17.9. The first-order chi connectivity index (χ1) is 28.0. The summed E-state index contributed by atoms with van der Waals surface area (Å²) in [4.78, 5) is 46.5. The second kappa shape index (κ2) is 19.1. The van der Waals surface area contributed by atoms with Gasteiger partial charge < -0.3 is 33.9 Å². The van der Waals surface area contributed by atoms with Gasteiger partial charge in [0.2, 0.25) is 0 Å². The summed E-state index contributed by atoms with van der Waals surface area (Å²) < 4.78 is 30.2. The Hall–Kier alpha value is -2.76. The van der Waals surface area contributed by atoms with Crippen molar-refractivity contribution < 1.29 is 53.1 Å². The maximum absolute atomic E-state index is 12.3. The minimum absolute atomic E-state index is 0.0363. The van der Waals surface area contributed by atoms with Crippen molar-refractivity contribution in [2.24, 2.45) is 57.2 Å². The van der Waals surface area contributed by atoms with Crippen molar-refractivity contribution in [2.45, 2.75) is 170 Å². The Morgan fingerprint density at radius 1 is 0.644 bits per heavy atom. The zero-order chi connectivity index (χ0) is 42.6. The Kier molecular flexibility index (Phi) is 14.8. The number of hydrogen-bond donors (Lipinski definition) is 2. The lowest BCUT2D eigenvalue weighted by molar-refractivity contribution is -0.213. The molecule has 11 nitrogen and oxygen atoms in total. The summed E-state index contributed by atoms with van der Waals surface area (Å²) in [6.45, 7) is 16.5. The topological polar surface area (TPSA) is 155 Å². The second-order valence-electron chi connectivity index (χ2n) is 20.5. The van der Waals surface area contributed by atoms with Crippen LogP contribution < -0.4 is 0 Å². The van der Waals surface area contributed by atoms with E-state index in [0.717, 1.165) is 89.9 Å². The van der Waals surface area contributed by atoms with E-state index in [1.54, 1.807) is 0 Å². The number of carboxylic acid groups (broad SMARTS) is 2. The molecule has 2 N–H and O–H groups in total. The molecule has 0 unspecified atom stereocenters. The lowest BCUT2D eigenvalue weighted by Crippen LogP contribution is -2.50. The molecule has 0 amide bonds. The van der Waals surface area contributed by atoms with Gasteiger partial charge in [0.15, 0.2) is 12.6 Å². The molecule has 2 saturated carbocycles. The number of aliphatic carboxylic acids is 2. The molecule has 4 aliphatic carbocycles. The van der Waals surface area contributed by atoms with Gasteiger partial charge in [-0.2, -0.15) is 0 Å². The number of ether oxygens (including phenoxy) is 5. The fourth-order valence-corrected chi connectivity index (χ4v) is 12.8. The van der Waals surface area contributed by atoms with Crippen LogP contribution in [0, 0.1) is 57.2 Å². The van der Waals surface area contributed by atoms with Crippen LogP contribution in [0.25, 0.3) is 0 Å². The van der Waals surface area contributed by atoms with Crippen LogP contribution in [0.1, 0.15) is 157 Å². The maximum Gasteiger partial charge on any atom is 0.306 e. The minimum atomic E-state index is -0.987. The number of allylic oxidation sites excluding steroid dienone is 2. The van der Waals surface area contributed by atoms with E-state index in [4.69, 9.17) is 33.9 Å². The first kappa shape index (κ1) is 45.8. The van der Waals surface area contributed by atoms with Gasteiger partial charge in [0.1, 0.15) is 13.2 Å². The Morgan fingerprint density at radius 3 is 1.44 bits per heavy atom. The number of fused-ring (bicyclic) bond motifs is 2. The highest BCUT2D eigenvalue weighted by Crippen LogP contribution is 2.63. The maximum atomic E-state index is 12.3. The van der Waals surface area contributed by atoms with E-state index in [1.165, 1.54) is 11.1 Å². The molecule has 4 fully saturated rings. The van der Waals surface area contributed by atoms with Crippen LogP contribution in [-0.4, -0.2) is 73.1 Å². The molecule has 0 aromatic rings. The molecule has 0 spiro atoms. The molecule has 2 saturated heterocycles. The van der Waals surface area contributed by atoms with Crippen molar-refractivity contribution in [1.82, 2.24) is 0 Å². The third-order valence-corrected chi connectivity index (χ3v) is 17.2. The normalized spacial score (nSPS) is 39.4. The average Bonchev–Trinajstić information content (AvgIpc) is 3.86. The van der Waals surface area contributed by atoms with Gasteiger partial charge in [0, 0.05) is 12.8 Å². The molecule has 0 radical (unpaired) electrons. The average molecular weight is 827 g/mol. The van der Waals surface area contributed by atoms with Crippen LogP contribution in [0.4, 0.5) is 0 Å². The zero-order valence-corrected chi connectivity index (χ0v) is 36.9. The molecule has 0 aromatic carbocycles. The summed E-state index contributed by atoms with van der Waals surface area (Å²) in [5.41, 5.74) is 2.64. The Balaban J connectivity index is 0.958. The number of carbonyl (C=O) groups excluding carboxylic acids is 2. The molecule has 6 aliphatic rings. The van der Waals surface area contributed by atoms with E-state index in [1.807, 2.05) is 0 Å². The van der Waals surface area contributed by atoms with E-state index in [0.29, 0.717) is 48.7 Å². The third kappa shape index (κ3) is 10.3. The minimum Gasteiger partial charge on any atom is -0.481 e. The van der Waals surface area contributed by atoms with Gasteiger partial charge in [0.25, 0.3) is 0 Å². The molecule has 332 valence electrons. The summed E-state index contributed by atoms with van der Waals surface area (Å²) in [7, 11) is 0.